The average molecular weight is 376 g/mol. The number of carbonyl (C=O) groups is 2. The van der Waals surface area contributed by atoms with E-state index in [2.05, 4.69) is 10.6 Å². The zero-order valence-electron chi connectivity index (χ0n) is 15.6. The molecule has 0 saturated carbocycles. The van der Waals surface area contributed by atoms with E-state index in [0.29, 0.717) is 17.9 Å². The Morgan fingerprint density at radius 1 is 1.23 bits per heavy atom. The third-order valence-electron chi connectivity index (χ3n) is 5.30. The number of piperidine rings is 1. The number of nitrogens with one attached hydrogen (secondary N) is 2. The fourth-order valence-corrected chi connectivity index (χ4v) is 4.46. The molecule has 0 aliphatic carbocycles. The van der Waals surface area contributed by atoms with Crippen molar-refractivity contribution < 1.29 is 9.59 Å². The first-order chi connectivity index (χ1) is 12.6. The van der Waals surface area contributed by atoms with Gasteiger partial charge in [0, 0.05) is 42.3 Å². The molecule has 0 spiro atoms. The molecule has 2 N–H and O–H groups in total. The first-order valence-corrected chi connectivity index (χ1v) is 10.8. The van der Waals surface area contributed by atoms with Gasteiger partial charge in [0.2, 0.25) is 5.91 Å². The zero-order valence-corrected chi connectivity index (χ0v) is 16.4. The highest BCUT2D eigenvalue weighted by Crippen LogP contribution is 2.22. The molecule has 142 valence electrons. The summed E-state index contributed by atoms with van der Waals surface area (Å²) in [5.74, 6) is 2.75. The van der Waals surface area contributed by atoms with Crippen LogP contribution in [0.25, 0.3) is 0 Å². The van der Waals surface area contributed by atoms with Gasteiger partial charge in [-0.05, 0) is 62.9 Å². The molecule has 1 aromatic rings. The van der Waals surface area contributed by atoms with Crippen molar-refractivity contribution in [2.75, 3.05) is 43.0 Å². The molecule has 0 atom stereocenters. The lowest BCUT2D eigenvalue weighted by Gasteiger charge is -2.26. The van der Waals surface area contributed by atoms with Crippen LogP contribution in [0.5, 0.6) is 0 Å². The summed E-state index contributed by atoms with van der Waals surface area (Å²) in [5.41, 5.74) is 2.42. The Morgan fingerprint density at radius 3 is 2.69 bits per heavy atom. The lowest BCUT2D eigenvalue weighted by molar-refractivity contribution is -0.116. The summed E-state index contributed by atoms with van der Waals surface area (Å²) in [4.78, 5) is 27.0. The molecule has 3 rings (SSSR count). The van der Waals surface area contributed by atoms with Gasteiger partial charge < -0.3 is 15.5 Å². The van der Waals surface area contributed by atoms with Crippen LogP contribution in [-0.4, -0.2) is 54.4 Å². The van der Waals surface area contributed by atoms with Crippen LogP contribution >= 0.6 is 11.8 Å². The Morgan fingerprint density at radius 2 is 1.96 bits per heavy atom. The molecule has 2 fully saturated rings. The highest BCUT2D eigenvalue weighted by molar-refractivity contribution is 7.99. The number of hydrogen-bond donors (Lipinski definition) is 2. The first-order valence-electron chi connectivity index (χ1n) is 9.62. The Kier molecular flexibility index (Phi) is 6.97. The van der Waals surface area contributed by atoms with Gasteiger partial charge in [0.15, 0.2) is 0 Å². The van der Waals surface area contributed by atoms with Gasteiger partial charge in [-0.1, -0.05) is 6.07 Å². The molecule has 2 heterocycles. The maximum Gasteiger partial charge on any atom is 0.253 e. The molecular formula is C20H29N3O2S. The van der Waals surface area contributed by atoms with E-state index in [9.17, 15) is 9.59 Å². The van der Waals surface area contributed by atoms with Crippen LogP contribution in [-0.2, 0) is 4.79 Å². The van der Waals surface area contributed by atoms with Gasteiger partial charge in [0.1, 0.15) is 0 Å². The minimum absolute atomic E-state index is 0.0469. The quantitative estimate of drug-likeness (QED) is 0.831. The Labute approximate surface area is 160 Å². The van der Waals surface area contributed by atoms with E-state index >= 15 is 0 Å². The number of benzene rings is 1. The Bertz CT molecular complexity index is 638. The summed E-state index contributed by atoms with van der Waals surface area (Å²) < 4.78 is 0. The lowest BCUT2D eigenvalue weighted by atomic mass is 9.93. The summed E-state index contributed by atoms with van der Waals surface area (Å²) in [6.07, 6.45) is 3.80. The molecule has 2 saturated heterocycles. The molecule has 2 aliphatic heterocycles. The van der Waals surface area contributed by atoms with Crippen molar-refractivity contribution in [1.82, 2.24) is 10.2 Å². The summed E-state index contributed by atoms with van der Waals surface area (Å²) in [7, 11) is 0. The molecule has 26 heavy (non-hydrogen) atoms. The minimum Gasteiger partial charge on any atom is -0.337 e. The second-order valence-corrected chi connectivity index (χ2v) is 8.44. The molecule has 5 nitrogen and oxygen atoms in total. The maximum atomic E-state index is 12.7. The van der Waals surface area contributed by atoms with Crippen molar-refractivity contribution in [3.05, 3.63) is 29.3 Å². The number of hydrogen-bond acceptors (Lipinski definition) is 4. The van der Waals surface area contributed by atoms with Gasteiger partial charge in [-0.25, -0.2) is 0 Å². The lowest BCUT2D eigenvalue weighted by Crippen LogP contribution is -2.37. The summed E-state index contributed by atoms with van der Waals surface area (Å²) in [6, 6.07) is 5.63. The highest BCUT2D eigenvalue weighted by atomic mass is 32.2. The Hall–Kier alpha value is -1.53. The second-order valence-electron chi connectivity index (χ2n) is 7.21. The summed E-state index contributed by atoms with van der Waals surface area (Å²) in [5, 5.41) is 6.37. The van der Waals surface area contributed by atoms with E-state index < -0.39 is 0 Å². The van der Waals surface area contributed by atoms with Crippen LogP contribution in [0.2, 0.25) is 0 Å². The summed E-state index contributed by atoms with van der Waals surface area (Å²) >= 11 is 1.89. The van der Waals surface area contributed by atoms with E-state index in [1.807, 2.05) is 41.8 Å². The highest BCUT2D eigenvalue weighted by Gasteiger charge is 2.20. The van der Waals surface area contributed by atoms with Crippen LogP contribution in [0, 0.1) is 12.8 Å². The number of carbonyl (C=O) groups excluding carboxylic acids is 2. The third kappa shape index (κ3) is 5.24. The Balaban J connectivity index is 1.58. The molecule has 0 bridgehead atoms. The van der Waals surface area contributed by atoms with Gasteiger partial charge in [-0.3, -0.25) is 9.59 Å². The van der Waals surface area contributed by atoms with Crippen LogP contribution in [0.1, 0.15) is 41.6 Å². The van der Waals surface area contributed by atoms with Crippen molar-refractivity contribution in [1.29, 1.82) is 0 Å². The van der Waals surface area contributed by atoms with Crippen LogP contribution in [0.4, 0.5) is 5.69 Å². The first kappa shape index (κ1) is 19.2. The number of anilines is 1. The number of nitrogens with zero attached hydrogens (tertiary/aromatic N) is 1. The molecule has 0 radical (unpaired) electrons. The topological polar surface area (TPSA) is 61.4 Å². The van der Waals surface area contributed by atoms with Crippen LogP contribution < -0.4 is 10.6 Å². The SMILES string of the molecule is Cc1ccc(C(=O)N2CCSCC2)cc1NC(=O)CCC1CCNCC1. The van der Waals surface area contributed by atoms with Crippen LogP contribution in [0.15, 0.2) is 18.2 Å². The predicted molar refractivity (Wildman–Crippen MR) is 108 cm³/mol. The third-order valence-corrected chi connectivity index (χ3v) is 6.24. The molecule has 2 amide bonds. The normalized spacial score (nSPS) is 18.6. The number of amides is 2. The van der Waals surface area contributed by atoms with Gasteiger partial charge >= 0.3 is 0 Å². The maximum absolute atomic E-state index is 12.7. The average Bonchev–Trinajstić information content (AvgIpc) is 2.69. The van der Waals surface area contributed by atoms with Crippen molar-refractivity contribution >= 4 is 29.3 Å². The smallest absolute Gasteiger partial charge is 0.253 e. The van der Waals surface area contributed by atoms with Crippen molar-refractivity contribution in [3.8, 4) is 0 Å². The minimum atomic E-state index is 0.0469. The van der Waals surface area contributed by atoms with E-state index in [-0.39, 0.29) is 11.8 Å². The molecule has 0 aromatic heterocycles. The molecule has 6 heteroatoms. The number of thioether (sulfide) groups is 1. The standard InChI is InChI=1S/C20H29N3O2S/c1-15-2-4-17(20(25)23-10-12-26-13-11-23)14-18(15)22-19(24)5-3-16-6-8-21-9-7-16/h2,4,14,16,21H,3,5-13H2,1H3,(H,22,24). The summed E-state index contributed by atoms with van der Waals surface area (Å²) in [6.45, 7) is 5.69. The second kappa shape index (κ2) is 9.42. The van der Waals surface area contributed by atoms with Gasteiger partial charge in [-0.2, -0.15) is 11.8 Å². The van der Waals surface area contributed by atoms with Crippen LogP contribution in [0.3, 0.4) is 0 Å². The van der Waals surface area contributed by atoms with E-state index in [1.165, 1.54) is 0 Å². The van der Waals surface area contributed by atoms with Gasteiger partial charge in [-0.15, -0.1) is 0 Å². The fourth-order valence-electron chi connectivity index (χ4n) is 3.56. The number of rotatable bonds is 5. The number of aryl methyl sites for hydroxylation is 1. The largest absolute Gasteiger partial charge is 0.337 e. The predicted octanol–water partition coefficient (Wildman–Crippen LogP) is 2.90. The van der Waals surface area contributed by atoms with Crippen molar-refractivity contribution in [2.24, 2.45) is 5.92 Å². The monoisotopic (exact) mass is 375 g/mol. The van der Waals surface area contributed by atoms with Gasteiger partial charge in [0.25, 0.3) is 5.91 Å². The fraction of sp³-hybridized carbons (Fsp3) is 0.600. The van der Waals surface area contributed by atoms with Gasteiger partial charge in [0.05, 0.1) is 0 Å². The zero-order chi connectivity index (χ0) is 18.4. The van der Waals surface area contributed by atoms with Crippen molar-refractivity contribution in [3.63, 3.8) is 0 Å². The molecular weight excluding hydrogens is 346 g/mol. The molecule has 0 unspecified atom stereocenters. The van der Waals surface area contributed by atoms with E-state index in [0.717, 1.165) is 68.2 Å². The molecule has 2 aliphatic rings. The van der Waals surface area contributed by atoms with E-state index in [1.54, 1.807) is 0 Å². The van der Waals surface area contributed by atoms with E-state index in [4.69, 9.17) is 0 Å². The molecule has 1 aromatic carbocycles. The van der Waals surface area contributed by atoms with Crippen molar-refractivity contribution in [2.45, 2.75) is 32.6 Å².